The fourth-order valence-electron chi connectivity index (χ4n) is 2.04. The van der Waals surface area contributed by atoms with Gasteiger partial charge in [-0.3, -0.25) is 14.9 Å². The lowest BCUT2D eigenvalue weighted by atomic mass is 10.3. The number of halogens is 1. The van der Waals surface area contributed by atoms with Crippen molar-refractivity contribution in [3.05, 3.63) is 28.3 Å². The van der Waals surface area contributed by atoms with Gasteiger partial charge in [0.05, 0.1) is 9.82 Å². The number of nitro benzene ring substituents is 1. The second-order valence-electron chi connectivity index (χ2n) is 4.90. The van der Waals surface area contributed by atoms with Gasteiger partial charge in [-0.2, -0.15) is 4.31 Å². The number of nitro groups is 1. The zero-order valence-corrected chi connectivity index (χ0v) is 16.1. The summed E-state index contributed by atoms with van der Waals surface area (Å²) in [5, 5.41) is 13.7. The van der Waals surface area contributed by atoms with E-state index in [1.54, 1.807) is 13.8 Å². The third-order valence-corrected chi connectivity index (χ3v) is 5.34. The lowest BCUT2D eigenvalue weighted by molar-refractivity contribution is -0.386. The van der Waals surface area contributed by atoms with Crippen LogP contribution >= 0.6 is 12.4 Å². The van der Waals surface area contributed by atoms with E-state index in [4.69, 9.17) is 10.5 Å². The number of nitrogens with one attached hydrogen (secondary N) is 1. The van der Waals surface area contributed by atoms with Gasteiger partial charge in [-0.1, -0.05) is 13.8 Å². The van der Waals surface area contributed by atoms with Gasteiger partial charge in [0, 0.05) is 32.2 Å². The van der Waals surface area contributed by atoms with E-state index >= 15 is 0 Å². The number of hydrogen-bond acceptors (Lipinski definition) is 7. The van der Waals surface area contributed by atoms with Gasteiger partial charge in [0.15, 0.2) is 12.4 Å². The minimum absolute atomic E-state index is 0. The Hall–Kier alpha value is -1.95. The number of ether oxygens (including phenoxy) is 1. The first-order valence-corrected chi connectivity index (χ1v) is 9.10. The maximum atomic E-state index is 12.5. The van der Waals surface area contributed by atoms with Crippen molar-refractivity contribution >= 4 is 34.0 Å². The number of hydrogen-bond donors (Lipinski definition) is 2. The molecule has 0 atom stereocenters. The molecule has 0 radical (unpaired) electrons. The zero-order chi connectivity index (χ0) is 19.0. The number of sulfonamides is 1. The van der Waals surface area contributed by atoms with Crippen molar-refractivity contribution in [3.8, 4) is 5.75 Å². The molecule has 148 valence electrons. The highest BCUT2D eigenvalue weighted by Gasteiger charge is 2.26. The molecule has 0 saturated heterocycles. The number of rotatable bonds is 10. The molecule has 0 aromatic heterocycles. The predicted molar refractivity (Wildman–Crippen MR) is 98.0 cm³/mol. The molecule has 0 unspecified atom stereocenters. The molecule has 0 fully saturated rings. The molecular formula is C14H23ClN4O6S. The largest absolute Gasteiger partial charge is 0.477 e. The van der Waals surface area contributed by atoms with Crippen molar-refractivity contribution in [2.45, 2.75) is 18.7 Å². The van der Waals surface area contributed by atoms with E-state index in [0.29, 0.717) is 0 Å². The lowest BCUT2D eigenvalue weighted by Gasteiger charge is -2.18. The topological polar surface area (TPSA) is 145 Å². The van der Waals surface area contributed by atoms with Crippen molar-refractivity contribution in [2.75, 3.05) is 32.8 Å². The number of benzene rings is 1. The number of carbonyl (C=O) groups is 1. The minimum Gasteiger partial charge on any atom is -0.477 e. The summed E-state index contributed by atoms with van der Waals surface area (Å²) < 4.78 is 31.2. The van der Waals surface area contributed by atoms with Crippen LogP contribution in [0.1, 0.15) is 13.8 Å². The first-order chi connectivity index (χ1) is 11.8. The molecule has 1 aromatic carbocycles. The molecule has 0 aliphatic rings. The number of nitrogens with two attached hydrogens (primary N) is 1. The number of amides is 1. The van der Waals surface area contributed by atoms with E-state index in [0.717, 1.165) is 6.07 Å². The number of carbonyl (C=O) groups excluding carboxylic acids is 1. The van der Waals surface area contributed by atoms with Crippen LogP contribution in [0.5, 0.6) is 5.75 Å². The van der Waals surface area contributed by atoms with Crippen LogP contribution in [0.15, 0.2) is 23.1 Å². The molecule has 0 aliphatic carbocycles. The molecule has 26 heavy (non-hydrogen) atoms. The Morgan fingerprint density at radius 1 is 1.35 bits per heavy atom. The van der Waals surface area contributed by atoms with Crippen molar-refractivity contribution in [2.24, 2.45) is 5.73 Å². The Morgan fingerprint density at radius 3 is 2.46 bits per heavy atom. The van der Waals surface area contributed by atoms with Gasteiger partial charge < -0.3 is 15.8 Å². The van der Waals surface area contributed by atoms with Gasteiger partial charge in [0.25, 0.3) is 5.91 Å². The fourth-order valence-corrected chi connectivity index (χ4v) is 3.52. The summed E-state index contributed by atoms with van der Waals surface area (Å²) in [5.74, 6) is -0.675. The Balaban J connectivity index is 0.00000625. The van der Waals surface area contributed by atoms with Crippen molar-refractivity contribution in [3.63, 3.8) is 0 Å². The highest BCUT2D eigenvalue weighted by molar-refractivity contribution is 7.89. The molecule has 12 heteroatoms. The Morgan fingerprint density at radius 2 is 1.96 bits per heavy atom. The standard InChI is InChI=1S/C14H22N4O6S.ClH/c1-3-17(4-2)25(22,23)11-5-6-13(12(9-11)18(20)21)24-10-14(19)16-8-7-15;/h5-6,9H,3-4,7-8,10,15H2,1-2H3,(H,16,19);1H. The predicted octanol–water partition coefficient (Wildman–Crippen LogP) is 0.501. The molecule has 0 aliphatic heterocycles. The SMILES string of the molecule is CCN(CC)S(=O)(=O)c1ccc(OCC(=O)NCCN)c([N+](=O)[O-])c1.Cl. The normalized spacial score (nSPS) is 10.9. The van der Waals surface area contributed by atoms with E-state index in [2.05, 4.69) is 5.32 Å². The van der Waals surface area contributed by atoms with Gasteiger partial charge in [-0.15, -0.1) is 12.4 Å². The first kappa shape index (κ1) is 24.1. The monoisotopic (exact) mass is 410 g/mol. The van der Waals surface area contributed by atoms with Crippen LogP contribution in [0.25, 0.3) is 0 Å². The van der Waals surface area contributed by atoms with E-state index in [1.807, 2.05) is 0 Å². The number of nitrogens with zero attached hydrogens (tertiary/aromatic N) is 2. The summed E-state index contributed by atoms with van der Waals surface area (Å²) in [4.78, 5) is 21.8. The Labute approximate surface area is 158 Å². The van der Waals surface area contributed by atoms with Crippen LogP contribution in [-0.2, 0) is 14.8 Å². The average molecular weight is 411 g/mol. The molecule has 0 saturated carbocycles. The van der Waals surface area contributed by atoms with Gasteiger partial charge in [0.2, 0.25) is 10.0 Å². The summed E-state index contributed by atoms with van der Waals surface area (Å²) in [6, 6.07) is 3.32. The lowest BCUT2D eigenvalue weighted by Crippen LogP contribution is -2.33. The highest BCUT2D eigenvalue weighted by Crippen LogP contribution is 2.30. The summed E-state index contributed by atoms with van der Waals surface area (Å²) in [7, 11) is -3.84. The van der Waals surface area contributed by atoms with E-state index < -0.39 is 33.1 Å². The third-order valence-electron chi connectivity index (χ3n) is 3.30. The van der Waals surface area contributed by atoms with Gasteiger partial charge in [-0.25, -0.2) is 8.42 Å². The molecule has 0 heterocycles. The molecule has 1 amide bonds. The summed E-state index contributed by atoms with van der Waals surface area (Å²) in [6.45, 7) is 3.90. The summed E-state index contributed by atoms with van der Waals surface area (Å²) >= 11 is 0. The van der Waals surface area contributed by atoms with E-state index in [-0.39, 0.29) is 49.2 Å². The van der Waals surface area contributed by atoms with Gasteiger partial charge in [-0.05, 0) is 12.1 Å². The van der Waals surface area contributed by atoms with Crippen molar-refractivity contribution in [1.29, 1.82) is 0 Å². The third kappa shape index (κ3) is 6.09. The van der Waals surface area contributed by atoms with Gasteiger partial charge in [0.1, 0.15) is 0 Å². The average Bonchev–Trinajstić information content (AvgIpc) is 2.58. The summed E-state index contributed by atoms with van der Waals surface area (Å²) in [5.41, 5.74) is 4.72. The molecule has 1 rings (SSSR count). The second-order valence-corrected chi connectivity index (χ2v) is 6.84. The van der Waals surface area contributed by atoms with Crippen LogP contribution in [0.4, 0.5) is 5.69 Å². The Bertz CT molecular complexity index is 724. The molecule has 0 spiro atoms. The zero-order valence-electron chi connectivity index (χ0n) is 14.5. The van der Waals surface area contributed by atoms with Crippen LogP contribution in [0.2, 0.25) is 0 Å². The fraction of sp³-hybridized carbons (Fsp3) is 0.500. The van der Waals surface area contributed by atoms with Gasteiger partial charge >= 0.3 is 5.69 Å². The molecule has 3 N–H and O–H groups in total. The Kier molecular flexibility index (Phi) is 10.1. The minimum atomic E-state index is -3.84. The van der Waals surface area contributed by atoms with Crippen LogP contribution < -0.4 is 15.8 Å². The summed E-state index contributed by atoms with van der Waals surface area (Å²) in [6.07, 6.45) is 0. The van der Waals surface area contributed by atoms with Crippen molar-refractivity contribution in [1.82, 2.24) is 9.62 Å². The van der Waals surface area contributed by atoms with Crippen molar-refractivity contribution < 1.29 is 22.9 Å². The quantitative estimate of drug-likeness (QED) is 0.422. The first-order valence-electron chi connectivity index (χ1n) is 7.66. The van der Waals surface area contributed by atoms with E-state index in [1.165, 1.54) is 16.4 Å². The highest BCUT2D eigenvalue weighted by atomic mass is 35.5. The van der Waals surface area contributed by atoms with E-state index in [9.17, 15) is 23.3 Å². The maximum absolute atomic E-state index is 12.5. The molecule has 0 bridgehead atoms. The van der Waals surface area contributed by atoms with Crippen LogP contribution in [0.3, 0.4) is 0 Å². The smallest absolute Gasteiger partial charge is 0.312 e. The van der Waals surface area contributed by atoms with Crippen LogP contribution in [-0.4, -0.2) is 56.3 Å². The van der Waals surface area contributed by atoms with Crippen LogP contribution in [0, 0.1) is 10.1 Å². The maximum Gasteiger partial charge on any atom is 0.312 e. The molecule has 1 aromatic rings. The second kappa shape index (κ2) is 10.9. The molecule has 10 nitrogen and oxygen atoms in total. The molecular weight excluding hydrogens is 388 g/mol.